The zero-order valence-corrected chi connectivity index (χ0v) is 17.4. The number of ether oxygens (including phenoxy) is 1. The summed E-state index contributed by atoms with van der Waals surface area (Å²) in [5.74, 6) is -2.51. The highest BCUT2D eigenvalue weighted by Crippen LogP contribution is 2.27. The maximum atomic E-state index is 13.6. The third-order valence-electron chi connectivity index (χ3n) is 4.70. The van der Waals surface area contributed by atoms with E-state index in [4.69, 9.17) is 4.74 Å². The molecule has 0 saturated carbocycles. The molecule has 0 aliphatic carbocycles. The molecule has 0 radical (unpaired) electrons. The summed E-state index contributed by atoms with van der Waals surface area (Å²) in [6.07, 6.45) is 0.985. The third-order valence-corrected chi connectivity index (χ3v) is 5.44. The number of para-hydroxylation sites is 1. The number of halogens is 1. The number of thioether (sulfide) groups is 1. The van der Waals surface area contributed by atoms with Gasteiger partial charge in [-0.3, -0.25) is 25.2 Å². The van der Waals surface area contributed by atoms with Crippen molar-refractivity contribution < 1.29 is 23.5 Å². The lowest BCUT2D eigenvalue weighted by atomic mass is 10.1. The second-order valence-electron chi connectivity index (χ2n) is 6.77. The first-order valence-corrected chi connectivity index (χ1v) is 10.6. The van der Waals surface area contributed by atoms with Gasteiger partial charge < -0.3 is 9.64 Å². The number of nitrogens with zero attached hydrogens (tertiary/aromatic N) is 1. The van der Waals surface area contributed by atoms with Gasteiger partial charge in [0.1, 0.15) is 0 Å². The molecule has 30 heavy (non-hydrogen) atoms. The van der Waals surface area contributed by atoms with E-state index in [1.54, 1.807) is 22.7 Å². The van der Waals surface area contributed by atoms with Crippen LogP contribution < -0.4 is 20.5 Å². The first-order chi connectivity index (χ1) is 14.4. The van der Waals surface area contributed by atoms with E-state index in [0.717, 1.165) is 10.6 Å². The second kappa shape index (κ2) is 9.62. The Morgan fingerprint density at radius 2 is 1.87 bits per heavy atom. The zero-order chi connectivity index (χ0) is 21.7. The van der Waals surface area contributed by atoms with Crippen molar-refractivity contribution >= 4 is 35.2 Å². The number of rotatable bonds is 6. The van der Waals surface area contributed by atoms with Crippen molar-refractivity contribution in [1.82, 2.24) is 10.9 Å². The Morgan fingerprint density at radius 3 is 2.53 bits per heavy atom. The van der Waals surface area contributed by atoms with Crippen LogP contribution in [0, 0.1) is 11.7 Å². The Hall–Kier alpha value is -3.07. The van der Waals surface area contributed by atoms with Gasteiger partial charge in [0.15, 0.2) is 17.7 Å². The van der Waals surface area contributed by atoms with Crippen LogP contribution in [0.25, 0.3) is 0 Å². The summed E-state index contributed by atoms with van der Waals surface area (Å²) >= 11 is 1.60. The van der Waals surface area contributed by atoms with Crippen molar-refractivity contribution in [2.45, 2.75) is 24.3 Å². The second-order valence-corrected chi connectivity index (χ2v) is 7.65. The lowest BCUT2D eigenvalue weighted by Gasteiger charge is -2.18. The summed E-state index contributed by atoms with van der Waals surface area (Å²) in [6, 6.07) is 13.2. The summed E-state index contributed by atoms with van der Waals surface area (Å²) in [6.45, 7) is 1.66. The molecule has 1 fully saturated rings. The average Bonchev–Trinajstić information content (AvgIpc) is 3.15. The van der Waals surface area contributed by atoms with E-state index in [0.29, 0.717) is 0 Å². The number of benzene rings is 2. The van der Waals surface area contributed by atoms with Crippen molar-refractivity contribution in [3.63, 3.8) is 0 Å². The Balaban J connectivity index is 1.51. The molecule has 158 valence electrons. The number of hydrazine groups is 1. The summed E-state index contributed by atoms with van der Waals surface area (Å²) in [5.41, 5.74) is 5.31. The minimum atomic E-state index is -1.03. The van der Waals surface area contributed by atoms with E-state index in [2.05, 4.69) is 10.9 Å². The molecule has 0 spiro atoms. The summed E-state index contributed by atoms with van der Waals surface area (Å²) in [7, 11) is 0. The lowest BCUT2D eigenvalue weighted by molar-refractivity contribution is -0.134. The van der Waals surface area contributed by atoms with Crippen molar-refractivity contribution in [1.29, 1.82) is 0 Å². The van der Waals surface area contributed by atoms with E-state index in [1.807, 2.05) is 30.5 Å². The SMILES string of the molecule is CSc1ccc(N2C[C@@H](C(=O)NNC(=O)[C@H](C)Oc3ccccc3F)CC2=O)cc1. The topological polar surface area (TPSA) is 87.7 Å². The summed E-state index contributed by atoms with van der Waals surface area (Å²) < 4.78 is 18.9. The number of nitrogens with one attached hydrogen (secondary N) is 2. The van der Waals surface area contributed by atoms with Crippen LogP contribution in [0.3, 0.4) is 0 Å². The predicted octanol–water partition coefficient (Wildman–Crippen LogP) is 2.52. The van der Waals surface area contributed by atoms with E-state index < -0.39 is 29.7 Å². The van der Waals surface area contributed by atoms with Crippen LogP contribution in [-0.4, -0.2) is 36.6 Å². The van der Waals surface area contributed by atoms with Gasteiger partial charge in [-0.05, 0) is 49.6 Å². The fourth-order valence-electron chi connectivity index (χ4n) is 3.01. The number of hydrogen-bond donors (Lipinski definition) is 2. The molecule has 0 unspecified atom stereocenters. The molecule has 2 atom stereocenters. The van der Waals surface area contributed by atoms with Gasteiger partial charge in [0.2, 0.25) is 11.8 Å². The van der Waals surface area contributed by atoms with E-state index in [1.165, 1.54) is 25.1 Å². The van der Waals surface area contributed by atoms with E-state index in [9.17, 15) is 18.8 Å². The standard InChI is InChI=1S/C21H22FN3O4S/c1-13(29-18-6-4-3-5-17(18)22)20(27)23-24-21(28)14-11-19(26)25(12-14)15-7-9-16(30-2)10-8-15/h3-10,13-14H,11-12H2,1-2H3,(H,23,27)(H,24,28)/t13-,14-/m0/s1. The first kappa shape index (κ1) is 21.6. The molecule has 7 nitrogen and oxygen atoms in total. The number of amides is 3. The molecular weight excluding hydrogens is 409 g/mol. The largest absolute Gasteiger partial charge is 0.478 e. The molecule has 2 N–H and O–H groups in total. The maximum absolute atomic E-state index is 13.6. The molecule has 2 aromatic rings. The summed E-state index contributed by atoms with van der Waals surface area (Å²) in [5, 5.41) is 0. The highest BCUT2D eigenvalue weighted by atomic mass is 32.2. The number of anilines is 1. The third kappa shape index (κ3) is 5.10. The number of carbonyl (C=O) groups excluding carboxylic acids is 3. The fraction of sp³-hybridized carbons (Fsp3) is 0.286. The molecule has 0 aromatic heterocycles. The Labute approximate surface area is 177 Å². The minimum absolute atomic E-state index is 0.0489. The molecule has 0 bridgehead atoms. The van der Waals surface area contributed by atoms with Crippen molar-refractivity contribution in [2.24, 2.45) is 5.92 Å². The van der Waals surface area contributed by atoms with Gasteiger partial charge in [-0.15, -0.1) is 11.8 Å². The molecule has 3 amide bonds. The van der Waals surface area contributed by atoms with Gasteiger partial charge in [0.25, 0.3) is 5.91 Å². The minimum Gasteiger partial charge on any atom is -0.478 e. The van der Waals surface area contributed by atoms with Gasteiger partial charge in [-0.2, -0.15) is 0 Å². The summed E-state index contributed by atoms with van der Waals surface area (Å²) in [4.78, 5) is 39.5. The van der Waals surface area contributed by atoms with Gasteiger partial charge in [0, 0.05) is 23.5 Å². The van der Waals surface area contributed by atoms with E-state index in [-0.39, 0.29) is 24.6 Å². The molecule has 9 heteroatoms. The molecule has 1 saturated heterocycles. The van der Waals surface area contributed by atoms with Crippen LogP contribution in [0.4, 0.5) is 10.1 Å². The van der Waals surface area contributed by atoms with Gasteiger partial charge >= 0.3 is 0 Å². The van der Waals surface area contributed by atoms with Gasteiger partial charge in [-0.25, -0.2) is 4.39 Å². The van der Waals surface area contributed by atoms with Crippen molar-refractivity contribution in [2.75, 3.05) is 17.7 Å². The van der Waals surface area contributed by atoms with Gasteiger partial charge in [0.05, 0.1) is 5.92 Å². The molecular formula is C21H22FN3O4S. The molecule has 2 aromatic carbocycles. The number of carbonyl (C=O) groups is 3. The molecule has 1 heterocycles. The van der Waals surface area contributed by atoms with Crippen molar-refractivity contribution in [3.8, 4) is 5.75 Å². The Kier molecular flexibility index (Phi) is 6.94. The van der Waals surface area contributed by atoms with E-state index >= 15 is 0 Å². The maximum Gasteiger partial charge on any atom is 0.279 e. The predicted molar refractivity (Wildman–Crippen MR) is 111 cm³/mol. The molecule has 1 aliphatic heterocycles. The highest BCUT2D eigenvalue weighted by molar-refractivity contribution is 7.98. The Morgan fingerprint density at radius 1 is 1.17 bits per heavy atom. The van der Waals surface area contributed by atoms with Crippen LogP contribution >= 0.6 is 11.8 Å². The van der Waals surface area contributed by atoms with Crippen LogP contribution in [0.1, 0.15) is 13.3 Å². The van der Waals surface area contributed by atoms with Crippen LogP contribution in [0.15, 0.2) is 53.4 Å². The molecule has 1 aliphatic rings. The quantitative estimate of drug-likeness (QED) is 0.542. The lowest BCUT2D eigenvalue weighted by Crippen LogP contribution is -2.49. The smallest absolute Gasteiger partial charge is 0.279 e. The van der Waals surface area contributed by atoms with Crippen LogP contribution in [-0.2, 0) is 14.4 Å². The highest BCUT2D eigenvalue weighted by Gasteiger charge is 2.35. The normalized spacial score (nSPS) is 16.8. The zero-order valence-electron chi connectivity index (χ0n) is 16.6. The monoisotopic (exact) mass is 431 g/mol. The van der Waals surface area contributed by atoms with Crippen molar-refractivity contribution in [3.05, 3.63) is 54.3 Å². The van der Waals surface area contributed by atoms with Gasteiger partial charge in [-0.1, -0.05) is 12.1 Å². The number of hydrogen-bond acceptors (Lipinski definition) is 5. The van der Waals surface area contributed by atoms with Crippen LogP contribution in [0.2, 0.25) is 0 Å². The molecule has 3 rings (SSSR count). The first-order valence-electron chi connectivity index (χ1n) is 9.34. The fourth-order valence-corrected chi connectivity index (χ4v) is 3.41. The Bertz CT molecular complexity index is 938. The average molecular weight is 431 g/mol. The van der Waals surface area contributed by atoms with Crippen LogP contribution in [0.5, 0.6) is 5.75 Å².